The van der Waals surface area contributed by atoms with Crippen LogP contribution in [-0.4, -0.2) is 55.1 Å². The van der Waals surface area contributed by atoms with Crippen LogP contribution in [0.3, 0.4) is 0 Å². The van der Waals surface area contributed by atoms with Gasteiger partial charge in [-0.3, -0.25) is 0 Å². The molecular formula is C23H30N4O. The molecule has 1 aliphatic carbocycles. The second-order valence-electron chi connectivity index (χ2n) is 8.23. The van der Waals surface area contributed by atoms with Crippen molar-refractivity contribution >= 4 is 23.0 Å². The van der Waals surface area contributed by atoms with Crippen molar-refractivity contribution in [3.8, 4) is 0 Å². The second-order valence-corrected chi connectivity index (χ2v) is 8.23. The van der Waals surface area contributed by atoms with Crippen molar-refractivity contribution in [2.75, 3.05) is 43.4 Å². The molecule has 2 aliphatic heterocycles. The van der Waals surface area contributed by atoms with E-state index in [0.717, 1.165) is 43.9 Å². The summed E-state index contributed by atoms with van der Waals surface area (Å²) in [6.45, 7) is 9.98. The van der Waals surface area contributed by atoms with Gasteiger partial charge in [-0.05, 0) is 57.2 Å². The second kappa shape index (κ2) is 7.47. The Bertz CT molecular complexity index is 873. The predicted molar refractivity (Wildman–Crippen MR) is 117 cm³/mol. The Morgan fingerprint density at radius 2 is 1.79 bits per heavy atom. The Morgan fingerprint density at radius 1 is 1.07 bits per heavy atom. The largest absolute Gasteiger partial charge is 0.342 e. The third-order valence-corrected chi connectivity index (χ3v) is 5.95. The molecule has 0 saturated carbocycles. The van der Waals surface area contributed by atoms with E-state index in [0.29, 0.717) is 6.04 Å². The van der Waals surface area contributed by atoms with Crippen LogP contribution in [0.1, 0.15) is 31.4 Å². The maximum atomic E-state index is 12.8. The molecule has 2 amide bonds. The zero-order valence-electron chi connectivity index (χ0n) is 17.3. The van der Waals surface area contributed by atoms with Gasteiger partial charge >= 0.3 is 6.03 Å². The van der Waals surface area contributed by atoms with Crippen molar-refractivity contribution in [3.05, 3.63) is 53.3 Å². The molecule has 28 heavy (non-hydrogen) atoms. The predicted octanol–water partition coefficient (Wildman–Crippen LogP) is 4.23. The number of hydrogen-bond donors (Lipinski definition) is 1. The Labute approximate surface area is 168 Å². The maximum absolute atomic E-state index is 12.8. The molecule has 1 aromatic carbocycles. The van der Waals surface area contributed by atoms with Crippen LogP contribution < -0.4 is 10.2 Å². The highest BCUT2D eigenvalue weighted by Crippen LogP contribution is 2.45. The minimum atomic E-state index is 0.00278. The van der Waals surface area contributed by atoms with Crippen molar-refractivity contribution in [2.45, 2.75) is 33.2 Å². The average Bonchev–Trinajstić information content (AvgIpc) is 2.87. The summed E-state index contributed by atoms with van der Waals surface area (Å²) in [5.74, 6) is 0. The van der Waals surface area contributed by atoms with Gasteiger partial charge in [0.25, 0.3) is 0 Å². The zero-order chi connectivity index (χ0) is 19.8. The van der Waals surface area contributed by atoms with Gasteiger partial charge in [0.15, 0.2) is 0 Å². The monoisotopic (exact) mass is 378 g/mol. The number of rotatable bonds is 2. The fraction of sp³-hybridized carbons (Fsp3) is 0.435. The maximum Gasteiger partial charge on any atom is 0.321 e. The van der Waals surface area contributed by atoms with Crippen LogP contribution in [0.2, 0.25) is 0 Å². The first-order valence-corrected chi connectivity index (χ1v) is 10.2. The van der Waals surface area contributed by atoms with E-state index >= 15 is 0 Å². The van der Waals surface area contributed by atoms with Gasteiger partial charge < -0.3 is 20.0 Å². The third-order valence-electron chi connectivity index (χ3n) is 5.95. The Kier molecular flexibility index (Phi) is 5.02. The van der Waals surface area contributed by atoms with Gasteiger partial charge in [-0.15, -0.1) is 0 Å². The summed E-state index contributed by atoms with van der Waals surface area (Å²) in [4.78, 5) is 19.4. The van der Waals surface area contributed by atoms with E-state index in [2.05, 4.69) is 79.4 Å². The molecule has 0 radical (unpaired) electrons. The molecule has 0 aromatic heterocycles. The smallest absolute Gasteiger partial charge is 0.321 e. The molecule has 148 valence electrons. The van der Waals surface area contributed by atoms with Gasteiger partial charge in [0.1, 0.15) is 0 Å². The number of likely N-dealkylation sites (N-methyl/N-ethyl adjacent to an activating group) is 1. The van der Waals surface area contributed by atoms with E-state index in [1.165, 1.54) is 22.5 Å². The molecule has 0 unspecified atom stereocenters. The normalized spacial score (nSPS) is 19.2. The van der Waals surface area contributed by atoms with Gasteiger partial charge in [0.05, 0.1) is 0 Å². The number of carbonyl (C=O) groups is 1. The number of amides is 2. The number of allylic oxidation sites excluding steroid dienone is 5. The van der Waals surface area contributed by atoms with E-state index in [1.807, 2.05) is 4.90 Å². The van der Waals surface area contributed by atoms with Gasteiger partial charge in [-0.2, -0.15) is 0 Å². The van der Waals surface area contributed by atoms with Crippen LogP contribution in [-0.2, 0) is 0 Å². The van der Waals surface area contributed by atoms with Crippen LogP contribution in [0.5, 0.6) is 0 Å². The summed E-state index contributed by atoms with van der Waals surface area (Å²) < 4.78 is 0. The highest BCUT2D eigenvalue weighted by atomic mass is 16.2. The lowest BCUT2D eigenvalue weighted by Crippen LogP contribution is -2.48. The SMILES string of the molecule is Cc1c(NC(=O)N2CCN(C)CC2)ccc2c1C1=CC=CC=C(C1)N2C(C)C. The van der Waals surface area contributed by atoms with Crippen LogP contribution >= 0.6 is 0 Å². The van der Waals surface area contributed by atoms with Crippen LogP contribution in [0.4, 0.5) is 16.2 Å². The fourth-order valence-electron chi connectivity index (χ4n) is 4.40. The minimum Gasteiger partial charge on any atom is -0.342 e. The van der Waals surface area contributed by atoms with Crippen LogP contribution in [0.15, 0.2) is 42.1 Å². The standard InChI is InChI=1S/C23H30N4O/c1-16(2)27-19-8-6-5-7-18(15-19)22-17(3)20(9-10-21(22)27)24-23(28)26-13-11-25(4)12-14-26/h5-10,16H,11-15H2,1-4H3,(H,24,28). The summed E-state index contributed by atoms with van der Waals surface area (Å²) in [7, 11) is 2.10. The number of carbonyl (C=O) groups excluding carboxylic acids is 1. The third kappa shape index (κ3) is 3.35. The van der Waals surface area contributed by atoms with Gasteiger partial charge in [0, 0.05) is 61.3 Å². The molecule has 0 spiro atoms. The van der Waals surface area contributed by atoms with Crippen LogP contribution in [0, 0.1) is 6.92 Å². The summed E-state index contributed by atoms with van der Waals surface area (Å²) in [6, 6.07) is 4.60. The molecule has 5 nitrogen and oxygen atoms in total. The molecule has 3 aliphatic rings. The highest BCUT2D eigenvalue weighted by molar-refractivity contribution is 5.95. The van der Waals surface area contributed by atoms with Crippen molar-refractivity contribution in [1.82, 2.24) is 9.80 Å². The van der Waals surface area contributed by atoms with Gasteiger partial charge in [-0.1, -0.05) is 18.2 Å². The number of urea groups is 1. The van der Waals surface area contributed by atoms with Crippen molar-refractivity contribution in [1.29, 1.82) is 0 Å². The Balaban J connectivity index is 1.67. The van der Waals surface area contributed by atoms with E-state index in [4.69, 9.17) is 0 Å². The molecular weight excluding hydrogens is 348 g/mol. The number of fused-ring (bicyclic) bond motifs is 4. The molecule has 1 saturated heterocycles. The lowest BCUT2D eigenvalue weighted by Gasteiger charge is -2.39. The molecule has 5 heteroatoms. The van der Waals surface area contributed by atoms with Gasteiger partial charge in [0.2, 0.25) is 0 Å². The Hall–Kier alpha value is -2.53. The van der Waals surface area contributed by atoms with Crippen molar-refractivity contribution in [2.24, 2.45) is 0 Å². The number of piperazine rings is 1. The lowest BCUT2D eigenvalue weighted by molar-refractivity contribution is 0.164. The summed E-state index contributed by atoms with van der Waals surface area (Å²) in [6.07, 6.45) is 9.58. The van der Waals surface area contributed by atoms with E-state index in [1.54, 1.807) is 0 Å². The van der Waals surface area contributed by atoms with E-state index in [-0.39, 0.29) is 6.03 Å². The van der Waals surface area contributed by atoms with E-state index in [9.17, 15) is 4.79 Å². The number of benzene rings is 1. The summed E-state index contributed by atoms with van der Waals surface area (Å²) in [5, 5.41) is 3.17. The first kappa shape index (κ1) is 18.8. The number of anilines is 2. The number of hydrogen-bond acceptors (Lipinski definition) is 3. The quantitative estimate of drug-likeness (QED) is 0.837. The first-order valence-electron chi connectivity index (χ1n) is 10.2. The average molecular weight is 379 g/mol. The molecule has 2 bridgehead atoms. The van der Waals surface area contributed by atoms with Crippen molar-refractivity contribution in [3.63, 3.8) is 0 Å². The molecule has 2 heterocycles. The molecule has 1 N–H and O–H groups in total. The summed E-state index contributed by atoms with van der Waals surface area (Å²) >= 11 is 0. The molecule has 0 atom stereocenters. The fourth-order valence-corrected chi connectivity index (χ4v) is 4.40. The zero-order valence-corrected chi connectivity index (χ0v) is 17.3. The molecule has 1 fully saturated rings. The van der Waals surface area contributed by atoms with E-state index < -0.39 is 0 Å². The molecule has 4 rings (SSSR count). The lowest BCUT2D eigenvalue weighted by atomic mass is 9.88. The number of nitrogens with zero attached hydrogens (tertiary/aromatic N) is 3. The minimum absolute atomic E-state index is 0.00278. The van der Waals surface area contributed by atoms with Gasteiger partial charge in [-0.25, -0.2) is 4.79 Å². The topological polar surface area (TPSA) is 38.8 Å². The molecule has 1 aromatic rings. The van der Waals surface area contributed by atoms with Crippen LogP contribution in [0.25, 0.3) is 5.57 Å². The summed E-state index contributed by atoms with van der Waals surface area (Å²) in [5.41, 5.74) is 7.20. The Morgan fingerprint density at radius 3 is 2.50 bits per heavy atom. The number of nitrogens with one attached hydrogen (secondary N) is 1. The van der Waals surface area contributed by atoms with Crippen molar-refractivity contribution < 1.29 is 4.79 Å². The highest BCUT2D eigenvalue weighted by Gasteiger charge is 2.29. The first-order chi connectivity index (χ1) is 13.5.